The van der Waals surface area contributed by atoms with Crippen LogP contribution in [0.15, 0.2) is 36.5 Å². The molecule has 0 radical (unpaired) electrons. The van der Waals surface area contributed by atoms with Crippen molar-refractivity contribution in [3.8, 4) is 5.88 Å². The van der Waals surface area contributed by atoms with E-state index in [1.54, 1.807) is 6.92 Å². The molecule has 19 heavy (non-hydrogen) atoms. The van der Waals surface area contributed by atoms with Crippen LogP contribution in [0.3, 0.4) is 0 Å². The van der Waals surface area contributed by atoms with E-state index in [1.165, 1.54) is 0 Å². The van der Waals surface area contributed by atoms with Gasteiger partial charge in [-0.15, -0.1) is 0 Å². The predicted octanol–water partition coefficient (Wildman–Crippen LogP) is 3.18. The second kappa shape index (κ2) is 5.62. The fourth-order valence-electron chi connectivity index (χ4n) is 1.51. The molecule has 0 aliphatic carbocycles. The summed E-state index contributed by atoms with van der Waals surface area (Å²) in [6, 6.07) is 9.31. The first-order valence-corrected chi connectivity index (χ1v) is 5.84. The zero-order chi connectivity index (χ0) is 13.8. The van der Waals surface area contributed by atoms with Crippen molar-refractivity contribution in [2.75, 3.05) is 0 Å². The SMILES string of the molecule is CC(Oc1nc(Cl)ncc1[N+](=O)[O-])c1ccccc1. The lowest BCUT2D eigenvalue weighted by atomic mass is 10.1. The molecular formula is C12H10ClN3O3. The summed E-state index contributed by atoms with van der Waals surface area (Å²) in [6.07, 6.45) is 0.647. The highest BCUT2D eigenvalue weighted by Gasteiger charge is 2.21. The van der Waals surface area contributed by atoms with Gasteiger partial charge in [0, 0.05) is 0 Å². The summed E-state index contributed by atoms with van der Waals surface area (Å²) in [5, 5.41) is 10.8. The molecule has 0 amide bonds. The van der Waals surface area contributed by atoms with Gasteiger partial charge in [0.15, 0.2) is 0 Å². The van der Waals surface area contributed by atoms with Crippen molar-refractivity contribution in [2.45, 2.75) is 13.0 Å². The summed E-state index contributed by atoms with van der Waals surface area (Å²) in [6.45, 7) is 1.77. The quantitative estimate of drug-likeness (QED) is 0.488. The molecule has 0 aliphatic rings. The van der Waals surface area contributed by atoms with E-state index in [-0.39, 0.29) is 23.0 Å². The molecule has 6 nitrogen and oxygen atoms in total. The van der Waals surface area contributed by atoms with Gasteiger partial charge in [-0.25, -0.2) is 4.98 Å². The Balaban J connectivity index is 2.28. The molecule has 1 aromatic carbocycles. The molecule has 0 aliphatic heterocycles. The van der Waals surface area contributed by atoms with E-state index in [4.69, 9.17) is 16.3 Å². The van der Waals surface area contributed by atoms with Gasteiger partial charge in [-0.05, 0) is 24.1 Å². The summed E-state index contributed by atoms with van der Waals surface area (Å²) in [4.78, 5) is 17.6. The minimum Gasteiger partial charge on any atom is -0.465 e. The monoisotopic (exact) mass is 279 g/mol. The molecule has 1 heterocycles. The minimum absolute atomic E-state index is 0.0964. The van der Waals surface area contributed by atoms with Crippen LogP contribution in [-0.4, -0.2) is 14.9 Å². The Morgan fingerprint density at radius 2 is 2.05 bits per heavy atom. The molecule has 1 atom stereocenters. The van der Waals surface area contributed by atoms with E-state index in [0.717, 1.165) is 11.8 Å². The van der Waals surface area contributed by atoms with E-state index in [0.29, 0.717) is 0 Å². The highest BCUT2D eigenvalue weighted by molar-refractivity contribution is 6.28. The average molecular weight is 280 g/mol. The van der Waals surface area contributed by atoms with Crippen LogP contribution in [0.1, 0.15) is 18.6 Å². The Morgan fingerprint density at radius 3 is 2.68 bits per heavy atom. The number of halogens is 1. The lowest BCUT2D eigenvalue weighted by Gasteiger charge is -2.13. The molecule has 7 heteroatoms. The highest BCUT2D eigenvalue weighted by Crippen LogP contribution is 2.28. The Kier molecular flexibility index (Phi) is 3.91. The largest absolute Gasteiger partial charge is 0.465 e. The van der Waals surface area contributed by atoms with Gasteiger partial charge in [-0.3, -0.25) is 10.1 Å². The third-order valence-electron chi connectivity index (χ3n) is 2.46. The van der Waals surface area contributed by atoms with Gasteiger partial charge in [0.1, 0.15) is 12.3 Å². The molecule has 1 unspecified atom stereocenters. The third-order valence-corrected chi connectivity index (χ3v) is 2.64. The molecular weight excluding hydrogens is 270 g/mol. The molecule has 2 rings (SSSR count). The van der Waals surface area contributed by atoms with Crippen molar-refractivity contribution in [3.05, 3.63) is 57.5 Å². The maximum Gasteiger partial charge on any atom is 0.349 e. The van der Waals surface area contributed by atoms with Gasteiger partial charge >= 0.3 is 5.69 Å². The number of hydrogen-bond acceptors (Lipinski definition) is 5. The van der Waals surface area contributed by atoms with E-state index >= 15 is 0 Å². The Hall–Kier alpha value is -2.21. The Morgan fingerprint density at radius 1 is 1.37 bits per heavy atom. The third kappa shape index (κ3) is 3.17. The van der Waals surface area contributed by atoms with E-state index in [9.17, 15) is 10.1 Å². The number of aromatic nitrogens is 2. The molecule has 0 bridgehead atoms. The van der Waals surface area contributed by atoms with Crippen LogP contribution in [0, 0.1) is 10.1 Å². The van der Waals surface area contributed by atoms with Gasteiger partial charge in [0.25, 0.3) is 5.88 Å². The predicted molar refractivity (Wildman–Crippen MR) is 69.2 cm³/mol. The molecule has 98 valence electrons. The van der Waals surface area contributed by atoms with Crippen molar-refractivity contribution in [1.29, 1.82) is 0 Å². The lowest BCUT2D eigenvalue weighted by molar-refractivity contribution is -0.386. The summed E-state index contributed by atoms with van der Waals surface area (Å²) in [5.41, 5.74) is 0.568. The molecule has 1 aromatic heterocycles. The Labute approximate surface area is 114 Å². The first-order valence-electron chi connectivity index (χ1n) is 5.46. The van der Waals surface area contributed by atoms with Crippen molar-refractivity contribution in [1.82, 2.24) is 9.97 Å². The van der Waals surface area contributed by atoms with Gasteiger partial charge in [0.05, 0.1) is 4.92 Å². The van der Waals surface area contributed by atoms with E-state index in [2.05, 4.69) is 9.97 Å². The molecule has 0 saturated heterocycles. The topological polar surface area (TPSA) is 78.2 Å². The zero-order valence-corrected chi connectivity index (χ0v) is 10.7. The van der Waals surface area contributed by atoms with Gasteiger partial charge in [-0.2, -0.15) is 4.98 Å². The molecule has 2 aromatic rings. The summed E-state index contributed by atoms with van der Waals surface area (Å²) in [7, 11) is 0. The fourth-order valence-corrected chi connectivity index (χ4v) is 1.64. The first-order chi connectivity index (χ1) is 9.08. The number of ether oxygens (including phenoxy) is 1. The highest BCUT2D eigenvalue weighted by atomic mass is 35.5. The van der Waals surface area contributed by atoms with E-state index < -0.39 is 4.92 Å². The minimum atomic E-state index is -0.608. The summed E-state index contributed by atoms with van der Waals surface area (Å²) in [5.74, 6) is -0.138. The second-order valence-corrected chi connectivity index (χ2v) is 4.10. The van der Waals surface area contributed by atoms with Gasteiger partial charge in [0.2, 0.25) is 5.28 Å². The molecule has 0 fully saturated rings. The van der Waals surface area contributed by atoms with Gasteiger partial charge in [-0.1, -0.05) is 30.3 Å². The smallest absolute Gasteiger partial charge is 0.349 e. The fraction of sp³-hybridized carbons (Fsp3) is 0.167. The standard InChI is InChI=1S/C12H10ClN3O3/c1-8(9-5-3-2-4-6-9)19-11-10(16(17)18)7-14-12(13)15-11/h2-8H,1H3. The Bertz CT molecular complexity index is 592. The van der Waals surface area contributed by atoms with Crippen LogP contribution >= 0.6 is 11.6 Å². The van der Waals surface area contributed by atoms with Crippen LogP contribution in [0.2, 0.25) is 5.28 Å². The molecule has 0 N–H and O–H groups in total. The zero-order valence-electron chi connectivity index (χ0n) is 9.99. The lowest BCUT2D eigenvalue weighted by Crippen LogP contribution is -2.07. The number of hydrogen-bond donors (Lipinski definition) is 0. The van der Waals surface area contributed by atoms with E-state index in [1.807, 2.05) is 30.3 Å². The number of benzene rings is 1. The normalized spacial score (nSPS) is 11.9. The van der Waals surface area contributed by atoms with Crippen molar-refractivity contribution in [3.63, 3.8) is 0 Å². The van der Waals surface area contributed by atoms with Crippen LogP contribution < -0.4 is 4.74 Å². The summed E-state index contributed by atoms with van der Waals surface area (Å²) < 4.78 is 5.50. The maximum absolute atomic E-state index is 10.9. The van der Waals surface area contributed by atoms with Crippen molar-refractivity contribution >= 4 is 17.3 Å². The van der Waals surface area contributed by atoms with Crippen LogP contribution in [-0.2, 0) is 0 Å². The number of nitrogens with zero attached hydrogens (tertiary/aromatic N) is 3. The van der Waals surface area contributed by atoms with Crippen molar-refractivity contribution < 1.29 is 9.66 Å². The average Bonchev–Trinajstić information content (AvgIpc) is 2.39. The van der Waals surface area contributed by atoms with Gasteiger partial charge < -0.3 is 4.74 Å². The first kappa shape index (κ1) is 13.2. The number of rotatable bonds is 4. The van der Waals surface area contributed by atoms with Crippen LogP contribution in [0.4, 0.5) is 5.69 Å². The van der Waals surface area contributed by atoms with Crippen LogP contribution in [0.5, 0.6) is 5.88 Å². The number of nitro groups is 1. The molecule has 0 saturated carbocycles. The molecule has 0 spiro atoms. The summed E-state index contributed by atoms with van der Waals surface area (Å²) >= 11 is 5.63. The van der Waals surface area contributed by atoms with Crippen molar-refractivity contribution in [2.24, 2.45) is 0 Å². The second-order valence-electron chi connectivity index (χ2n) is 3.76. The van der Waals surface area contributed by atoms with Crippen LogP contribution in [0.25, 0.3) is 0 Å². The maximum atomic E-state index is 10.9.